The maximum atomic E-state index is 11.7. The summed E-state index contributed by atoms with van der Waals surface area (Å²) in [4.78, 5) is 22.0. The number of hydrogen-bond acceptors (Lipinski definition) is 5. The van der Waals surface area contributed by atoms with E-state index in [2.05, 4.69) is 9.98 Å². The molecule has 0 saturated carbocycles. The van der Waals surface area contributed by atoms with Gasteiger partial charge in [0.25, 0.3) is 0 Å². The first-order valence-electron chi connectivity index (χ1n) is 4.67. The molecule has 1 saturated heterocycles. The molecule has 2 aliphatic rings. The standard InChI is InChI=1S/C9H7N3O2S2/c13-7(6-2-1-5-14-6)11-9-12-4-3-10-8(12)15-16-9/h1-2,5H,3-4H2. The number of hydrogen-bond donors (Lipinski definition) is 0. The summed E-state index contributed by atoms with van der Waals surface area (Å²) in [5.74, 6) is -0.0797. The summed E-state index contributed by atoms with van der Waals surface area (Å²) in [6.45, 7) is 1.58. The fraction of sp³-hybridized carbons (Fsp3) is 0.222. The van der Waals surface area contributed by atoms with Crippen LogP contribution in [0.5, 0.6) is 0 Å². The van der Waals surface area contributed by atoms with Crippen molar-refractivity contribution in [2.75, 3.05) is 13.1 Å². The van der Waals surface area contributed by atoms with Crippen LogP contribution in [-0.2, 0) is 0 Å². The fourth-order valence-electron chi connectivity index (χ4n) is 1.42. The lowest BCUT2D eigenvalue weighted by molar-refractivity contribution is 0.0976. The van der Waals surface area contributed by atoms with Gasteiger partial charge in [-0.05, 0) is 33.7 Å². The first-order valence-corrected chi connectivity index (χ1v) is 6.82. The molecule has 1 aromatic rings. The monoisotopic (exact) mass is 253 g/mol. The number of carbonyl (C=O) groups is 1. The van der Waals surface area contributed by atoms with Crippen molar-refractivity contribution in [2.45, 2.75) is 0 Å². The predicted molar refractivity (Wildman–Crippen MR) is 64.7 cm³/mol. The molecule has 0 atom stereocenters. The van der Waals surface area contributed by atoms with Gasteiger partial charge in [-0.25, -0.2) is 0 Å². The summed E-state index contributed by atoms with van der Waals surface area (Å²) in [6, 6.07) is 3.28. The van der Waals surface area contributed by atoms with Crippen LogP contribution in [0.1, 0.15) is 10.6 Å². The Morgan fingerprint density at radius 2 is 2.50 bits per heavy atom. The SMILES string of the molecule is O=C(N=C1SSC2=NCCN21)c1ccco1. The van der Waals surface area contributed by atoms with E-state index in [1.165, 1.54) is 27.9 Å². The molecule has 16 heavy (non-hydrogen) atoms. The summed E-state index contributed by atoms with van der Waals surface area (Å²) in [5.41, 5.74) is 0. The molecule has 5 nitrogen and oxygen atoms in total. The van der Waals surface area contributed by atoms with Gasteiger partial charge in [-0.2, -0.15) is 4.99 Å². The number of aliphatic imine (C=N–C) groups is 2. The van der Waals surface area contributed by atoms with Crippen LogP contribution in [0.4, 0.5) is 0 Å². The molecule has 3 heterocycles. The first kappa shape index (κ1) is 9.98. The molecule has 1 amide bonds. The summed E-state index contributed by atoms with van der Waals surface area (Å²) in [5, 5.41) is 1.64. The van der Waals surface area contributed by atoms with Crippen LogP contribution in [0.2, 0.25) is 0 Å². The molecular weight excluding hydrogens is 246 g/mol. The molecule has 0 spiro atoms. The Kier molecular flexibility index (Phi) is 2.49. The topological polar surface area (TPSA) is 58.2 Å². The average Bonchev–Trinajstić information content (AvgIpc) is 2.94. The molecule has 0 N–H and O–H groups in total. The lowest BCUT2D eigenvalue weighted by Crippen LogP contribution is -2.25. The second-order valence-electron chi connectivity index (χ2n) is 3.16. The molecule has 0 aromatic carbocycles. The van der Waals surface area contributed by atoms with E-state index in [4.69, 9.17) is 4.42 Å². The number of nitrogens with zero attached hydrogens (tertiary/aromatic N) is 3. The molecule has 3 rings (SSSR count). The summed E-state index contributed by atoms with van der Waals surface area (Å²) in [7, 11) is 3.00. The van der Waals surface area contributed by atoms with Crippen molar-refractivity contribution in [1.29, 1.82) is 0 Å². The predicted octanol–water partition coefficient (Wildman–Crippen LogP) is 1.84. The lowest BCUT2D eigenvalue weighted by atomic mass is 10.4. The van der Waals surface area contributed by atoms with Gasteiger partial charge < -0.3 is 4.42 Å². The molecular formula is C9H7N3O2S2. The Morgan fingerprint density at radius 3 is 3.31 bits per heavy atom. The number of carbonyl (C=O) groups excluding carboxylic acids is 1. The Hall–Kier alpha value is -1.21. The number of amides is 1. The molecule has 2 aliphatic heterocycles. The van der Waals surface area contributed by atoms with Gasteiger partial charge in [0.15, 0.2) is 16.1 Å². The third-order valence-electron chi connectivity index (χ3n) is 2.15. The van der Waals surface area contributed by atoms with Gasteiger partial charge in [-0.15, -0.1) is 0 Å². The minimum absolute atomic E-state index is 0.266. The fourth-order valence-corrected chi connectivity index (χ4v) is 3.68. The van der Waals surface area contributed by atoms with E-state index in [1.807, 2.05) is 4.90 Å². The minimum atomic E-state index is -0.346. The van der Waals surface area contributed by atoms with Gasteiger partial charge >= 0.3 is 5.91 Å². The highest BCUT2D eigenvalue weighted by Crippen LogP contribution is 2.38. The van der Waals surface area contributed by atoms with Gasteiger partial charge in [0.1, 0.15) is 0 Å². The largest absolute Gasteiger partial charge is 0.459 e. The molecule has 7 heteroatoms. The van der Waals surface area contributed by atoms with Crippen molar-refractivity contribution in [1.82, 2.24) is 4.90 Å². The van der Waals surface area contributed by atoms with Crippen LogP contribution in [0.3, 0.4) is 0 Å². The number of rotatable bonds is 1. The van der Waals surface area contributed by atoms with E-state index < -0.39 is 0 Å². The maximum absolute atomic E-state index is 11.7. The van der Waals surface area contributed by atoms with Crippen molar-refractivity contribution in [3.63, 3.8) is 0 Å². The van der Waals surface area contributed by atoms with Crippen LogP contribution in [0, 0.1) is 0 Å². The Labute approximate surface area is 99.4 Å². The lowest BCUT2D eigenvalue weighted by Gasteiger charge is -2.08. The van der Waals surface area contributed by atoms with Gasteiger partial charge in [-0.1, -0.05) is 0 Å². The van der Waals surface area contributed by atoms with Crippen LogP contribution in [0.25, 0.3) is 0 Å². The highest BCUT2D eigenvalue weighted by molar-refractivity contribution is 8.88. The van der Waals surface area contributed by atoms with Crippen LogP contribution in [-0.4, -0.2) is 34.2 Å². The molecule has 0 radical (unpaired) electrons. The van der Waals surface area contributed by atoms with Crippen molar-refractivity contribution in [2.24, 2.45) is 9.98 Å². The van der Waals surface area contributed by atoms with Crippen molar-refractivity contribution >= 4 is 37.8 Å². The van der Waals surface area contributed by atoms with E-state index in [-0.39, 0.29) is 11.7 Å². The normalized spacial score (nSPS) is 21.4. The zero-order valence-electron chi connectivity index (χ0n) is 8.12. The quantitative estimate of drug-likeness (QED) is 0.715. The van der Waals surface area contributed by atoms with E-state index in [0.717, 1.165) is 18.3 Å². The van der Waals surface area contributed by atoms with Crippen LogP contribution >= 0.6 is 21.6 Å². The minimum Gasteiger partial charge on any atom is -0.459 e. The van der Waals surface area contributed by atoms with Crippen LogP contribution in [0.15, 0.2) is 32.8 Å². The van der Waals surface area contributed by atoms with Crippen molar-refractivity contribution in [3.05, 3.63) is 24.2 Å². The second-order valence-corrected chi connectivity index (χ2v) is 5.22. The third-order valence-corrected chi connectivity index (χ3v) is 4.34. The smallest absolute Gasteiger partial charge is 0.315 e. The molecule has 82 valence electrons. The second kappa shape index (κ2) is 3.99. The molecule has 1 fully saturated rings. The first-order chi connectivity index (χ1) is 7.84. The summed E-state index contributed by atoms with van der Waals surface area (Å²) >= 11 is 0. The molecule has 0 aliphatic carbocycles. The Bertz CT molecular complexity index is 481. The van der Waals surface area contributed by atoms with Gasteiger partial charge in [0.2, 0.25) is 0 Å². The van der Waals surface area contributed by atoms with Gasteiger partial charge in [0, 0.05) is 6.54 Å². The Balaban J connectivity index is 1.83. The van der Waals surface area contributed by atoms with Crippen LogP contribution < -0.4 is 0 Å². The van der Waals surface area contributed by atoms with E-state index in [9.17, 15) is 4.79 Å². The van der Waals surface area contributed by atoms with Crippen molar-refractivity contribution in [3.8, 4) is 0 Å². The maximum Gasteiger partial charge on any atom is 0.315 e. The number of furan rings is 1. The Morgan fingerprint density at radius 1 is 1.56 bits per heavy atom. The molecule has 0 unspecified atom stereocenters. The zero-order valence-corrected chi connectivity index (χ0v) is 9.75. The van der Waals surface area contributed by atoms with Gasteiger partial charge in [-0.3, -0.25) is 14.7 Å². The average molecular weight is 253 g/mol. The highest BCUT2D eigenvalue weighted by Gasteiger charge is 2.31. The zero-order chi connectivity index (χ0) is 11.0. The molecule has 0 bridgehead atoms. The summed E-state index contributed by atoms with van der Waals surface area (Å²) in [6.07, 6.45) is 1.46. The molecule has 1 aromatic heterocycles. The van der Waals surface area contributed by atoms with Crippen molar-refractivity contribution < 1.29 is 9.21 Å². The van der Waals surface area contributed by atoms with E-state index in [1.54, 1.807) is 12.1 Å². The number of amidine groups is 2. The summed E-state index contributed by atoms with van der Waals surface area (Å²) < 4.78 is 5.00. The number of fused-ring (bicyclic) bond motifs is 1. The third kappa shape index (κ3) is 1.65. The van der Waals surface area contributed by atoms with E-state index >= 15 is 0 Å². The highest BCUT2D eigenvalue weighted by atomic mass is 33.1. The van der Waals surface area contributed by atoms with E-state index in [0.29, 0.717) is 5.17 Å². The van der Waals surface area contributed by atoms with Gasteiger partial charge in [0.05, 0.1) is 12.8 Å².